The average Bonchev–Trinajstić information content (AvgIpc) is 2.72. The minimum absolute atomic E-state index is 0.235. The summed E-state index contributed by atoms with van der Waals surface area (Å²) in [6.07, 6.45) is 5.62. The van der Waals surface area contributed by atoms with E-state index >= 15 is 0 Å². The highest BCUT2D eigenvalue weighted by Gasteiger charge is 2.07. The standard InChI is InChI=1S/C13H11FN4/c14-11-3-1-2-9(5-11)4-10-6-17-18-8-12(15)7-16-13(10)18/h1-3,5-8H,4,15H2. The number of benzene rings is 1. The zero-order valence-corrected chi connectivity index (χ0v) is 9.55. The van der Waals surface area contributed by atoms with Gasteiger partial charge < -0.3 is 5.73 Å². The number of nitrogens with zero attached hydrogens (tertiary/aromatic N) is 3. The van der Waals surface area contributed by atoms with Crippen LogP contribution in [0.2, 0.25) is 0 Å². The summed E-state index contributed by atoms with van der Waals surface area (Å²) in [7, 11) is 0. The van der Waals surface area contributed by atoms with Gasteiger partial charge in [0.05, 0.1) is 24.3 Å². The van der Waals surface area contributed by atoms with Crippen LogP contribution in [0.5, 0.6) is 0 Å². The number of hydrogen-bond acceptors (Lipinski definition) is 3. The van der Waals surface area contributed by atoms with E-state index in [1.54, 1.807) is 29.2 Å². The first-order valence-electron chi connectivity index (χ1n) is 5.54. The zero-order valence-electron chi connectivity index (χ0n) is 9.55. The van der Waals surface area contributed by atoms with Gasteiger partial charge in [0.1, 0.15) is 5.82 Å². The monoisotopic (exact) mass is 242 g/mol. The second-order valence-electron chi connectivity index (χ2n) is 4.13. The molecule has 0 saturated carbocycles. The third kappa shape index (κ3) is 1.90. The molecule has 2 aromatic heterocycles. The number of halogens is 1. The summed E-state index contributed by atoms with van der Waals surface area (Å²) in [5, 5.41) is 4.18. The average molecular weight is 242 g/mol. The smallest absolute Gasteiger partial charge is 0.158 e. The van der Waals surface area contributed by atoms with E-state index in [1.807, 2.05) is 6.07 Å². The lowest BCUT2D eigenvalue weighted by molar-refractivity contribution is 0.626. The van der Waals surface area contributed by atoms with Crippen LogP contribution in [0.1, 0.15) is 11.1 Å². The number of rotatable bonds is 2. The molecule has 0 bridgehead atoms. The quantitative estimate of drug-likeness (QED) is 0.748. The summed E-state index contributed by atoms with van der Waals surface area (Å²) in [6, 6.07) is 6.52. The number of fused-ring (bicyclic) bond motifs is 1. The van der Waals surface area contributed by atoms with Gasteiger partial charge >= 0.3 is 0 Å². The highest BCUT2D eigenvalue weighted by Crippen LogP contribution is 2.15. The van der Waals surface area contributed by atoms with Gasteiger partial charge in [-0.2, -0.15) is 5.10 Å². The molecule has 0 saturated heterocycles. The van der Waals surface area contributed by atoms with Crippen LogP contribution < -0.4 is 5.73 Å². The van der Waals surface area contributed by atoms with Crippen molar-refractivity contribution in [2.45, 2.75) is 6.42 Å². The molecule has 3 aromatic rings. The predicted octanol–water partition coefficient (Wildman–Crippen LogP) is 2.04. The Kier molecular flexibility index (Phi) is 2.44. The van der Waals surface area contributed by atoms with Gasteiger partial charge in [-0.05, 0) is 17.7 Å². The van der Waals surface area contributed by atoms with Gasteiger partial charge in [0.25, 0.3) is 0 Å². The lowest BCUT2D eigenvalue weighted by Crippen LogP contribution is -1.95. The molecule has 0 atom stereocenters. The van der Waals surface area contributed by atoms with Gasteiger partial charge in [0.15, 0.2) is 5.65 Å². The SMILES string of the molecule is Nc1cnc2c(Cc3cccc(F)c3)cnn2c1. The first-order chi connectivity index (χ1) is 8.72. The van der Waals surface area contributed by atoms with Crippen LogP contribution in [0.3, 0.4) is 0 Å². The van der Waals surface area contributed by atoms with Crippen LogP contribution in [0, 0.1) is 5.82 Å². The summed E-state index contributed by atoms with van der Waals surface area (Å²) in [5.74, 6) is -0.235. The lowest BCUT2D eigenvalue weighted by Gasteiger charge is -2.00. The minimum atomic E-state index is -0.235. The molecule has 4 nitrogen and oxygen atoms in total. The van der Waals surface area contributed by atoms with E-state index in [2.05, 4.69) is 10.1 Å². The second-order valence-corrected chi connectivity index (χ2v) is 4.13. The van der Waals surface area contributed by atoms with Gasteiger partial charge in [0, 0.05) is 12.0 Å². The number of aromatic nitrogens is 3. The molecular formula is C13H11FN4. The third-order valence-corrected chi connectivity index (χ3v) is 2.73. The Morgan fingerprint density at radius 2 is 2.17 bits per heavy atom. The Labute approximate surface area is 103 Å². The predicted molar refractivity (Wildman–Crippen MR) is 66.6 cm³/mol. The molecule has 2 N–H and O–H groups in total. The number of anilines is 1. The van der Waals surface area contributed by atoms with Gasteiger partial charge in [-0.15, -0.1) is 0 Å². The minimum Gasteiger partial charge on any atom is -0.396 e. The van der Waals surface area contributed by atoms with Crippen LogP contribution >= 0.6 is 0 Å². The van der Waals surface area contributed by atoms with E-state index in [1.165, 1.54) is 12.1 Å². The van der Waals surface area contributed by atoms with E-state index in [9.17, 15) is 4.39 Å². The fraction of sp³-hybridized carbons (Fsp3) is 0.0769. The normalized spacial score (nSPS) is 10.9. The summed E-state index contributed by atoms with van der Waals surface area (Å²) in [4.78, 5) is 4.24. The van der Waals surface area contributed by atoms with Crippen molar-refractivity contribution < 1.29 is 4.39 Å². The molecule has 2 heterocycles. The maximum atomic E-state index is 13.1. The van der Waals surface area contributed by atoms with Crippen molar-refractivity contribution in [3.63, 3.8) is 0 Å². The van der Waals surface area contributed by atoms with E-state index in [4.69, 9.17) is 5.73 Å². The van der Waals surface area contributed by atoms with Crippen LogP contribution in [0.4, 0.5) is 10.1 Å². The summed E-state index contributed by atoms with van der Waals surface area (Å²) in [5.41, 5.74) is 8.77. The first-order valence-corrected chi connectivity index (χ1v) is 5.54. The van der Waals surface area contributed by atoms with Crippen molar-refractivity contribution in [1.29, 1.82) is 0 Å². The van der Waals surface area contributed by atoms with Crippen molar-refractivity contribution >= 4 is 11.3 Å². The Hall–Kier alpha value is -2.43. The Bertz CT molecular complexity index is 705. The molecule has 18 heavy (non-hydrogen) atoms. The van der Waals surface area contributed by atoms with Crippen molar-refractivity contribution in [2.75, 3.05) is 5.73 Å². The van der Waals surface area contributed by atoms with Crippen molar-refractivity contribution in [2.24, 2.45) is 0 Å². The summed E-state index contributed by atoms with van der Waals surface area (Å²) in [6.45, 7) is 0. The summed E-state index contributed by atoms with van der Waals surface area (Å²) >= 11 is 0. The second kappa shape index (κ2) is 4.10. The van der Waals surface area contributed by atoms with Gasteiger partial charge in [-0.25, -0.2) is 13.9 Å². The highest BCUT2D eigenvalue weighted by atomic mass is 19.1. The van der Waals surface area contributed by atoms with E-state index in [0.29, 0.717) is 12.1 Å². The van der Waals surface area contributed by atoms with Crippen LogP contribution in [0.25, 0.3) is 5.65 Å². The summed E-state index contributed by atoms with van der Waals surface area (Å²) < 4.78 is 14.7. The van der Waals surface area contributed by atoms with Crippen molar-refractivity contribution in [3.8, 4) is 0 Å². The van der Waals surface area contributed by atoms with E-state index in [0.717, 1.165) is 16.8 Å². The maximum Gasteiger partial charge on any atom is 0.158 e. The fourth-order valence-electron chi connectivity index (χ4n) is 1.93. The number of hydrogen-bond donors (Lipinski definition) is 1. The highest BCUT2D eigenvalue weighted by molar-refractivity contribution is 5.51. The molecule has 0 spiro atoms. The third-order valence-electron chi connectivity index (χ3n) is 2.73. The maximum absolute atomic E-state index is 13.1. The molecule has 0 unspecified atom stereocenters. The fourth-order valence-corrected chi connectivity index (χ4v) is 1.93. The van der Waals surface area contributed by atoms with E-state index in [-0.39, 0.29) is 5.82 Å². The van der Waals surface area contributed by atoms with Crippen molar-refractivity contribution in [1.82, 2.24) is 14.6 Å². The Morgan fingerprint density at radius 1 is 1.28 bits per heavy atom. The largest absolute Gasteiger partial charge is 0.396 e. The lowest BCUT2D eigenvalue weighted by atomic mass is 10.1. The molecule has 5 heteroatoms. The molecule has 0 radical (unpaired) electrons. The molecule has 0 aliphatic heterocycles. The van der Waals surface area contributed by atoms with E-state index < -0.39 is 0 Å². The Balaban J connectivity index is 2.00. The van der Waals surface area contributed by atoms with Crippen LogP contribution in [-0.2, 0) is 6.42 Å². The van der Waals surface area contributed by atoms with Gasteiger partial charge in [-0.1, -0.05) is 12.1 Å². The van der Waals surface area contributed by atoms with Crippen LogP contribution in [-0.4, -0.2) is 14.6 Å². The molecule has 0 fully saturated rings. The van der Waals surface area contributed by atoms with Gasteiger partial charge in [0.2, 0.25) is 0 Å². The Morgan fingerprint density at radius 3 is 3.00 bits per heavy atom. The molecular weight excluding hydrogens is 231 g/mol. The molecule has 0 aliphatic carbocycles. The molecule has 0 aliphatic rings. The molecule has 1 aromatic carbocycles. The number of nitrogens with two attached hydrogens (primary N) is 1. The molecule has 90 valence electrons. The zero-order chi connectivity index (χ0) is 12.5. The molecule has 0 amide bonds. The number of nitrogen functional groups attached to an aromatic ring is 1. The topological polar surface area (TPSA) is 56.2 Å². The van der Waals surface area contributed by atoms with Crippen molar-refractivity contribution in [3.05, 3.63) is 59.8 Å². The van der Waals surface area contributed by atoms with Gasteiger partial charge in [-0.3, -0.25) is 0 Å². The first kappa shape index (κ1) is 10.7. The molecule has 3 rings (SSSR count). The van der Waals surface area contributed by atoms with Crippen LogP contribution in [0.15, 0.2) is 42.9 Å².